The smallest absolute Gasteiger partial charge is 0.275 e. The fraction of sp³-hybridized carbons (Fsp3) is 0.733. The predicted molar refractivity (Wildman–Crippen MR) is 83.9 cm³/mol. The maximum Gasteiger partial charge on any atom is 0.275 e. The van der Waals surface area contributed by atoms with Gasteiger partial charge in [0.25, 0.3) is 10.0 Å². The van der Waals surface area contributed by atoms with E-state index in [0.717, 1.165) is 36.5 Å². The molecule has 0 amide bonds. The Morgan fingerprint density at radius 3 is 2.77 bits per heavy atom. The Balaban J connectivity index is 2.11. The average molecular weight is 330 g/mol. The zero-order valence-electron chi connectivity index (χ0n) is 13.5. The van der Waals surface area contributed by atoms with Crippen LogP contribution in [-0.2, 0) is 16.6 Å². The van der Waals surface area contributed by atoms with Gasteiger partial charge in [-0.05, 0) is 37.9 Å². The van der Waals surface area contributed by atoms with E-state index in [0.29, 0.717) is 12.3 Å². The van der Waals surface area contributed by atoms with Crippen molar-refractivity contribution in [2.24, 2.45) is 0 Å². The average Bonchev–Trinajstić information content (AvgIpc) is 2.96. The van der Waals surface area contributed by atoms with Crippen molar-refractivity contribution in [3.63, 3.8) is 0 Å². The fourth-order valence-corrected chi connectivity index (χ4v) is 3.70. The fourth-order valence-electron chi connectivity index (χ4n) is 2.88. The van der Waals surface area contributed by atoms with Crippen LogP contribution in [0, 0.1) is 0 Å². The van der Waals surface area contributed by atoms with Crippen molar-refractivity contribution in [1.29, 1.82) is 0 Å². The molecule has 1 fully saturated rings. The predicted octanol–water partition coefficient (Wildman–Crippen LogP) is 1.66. The molecular weight excluding hydrogens is 304 g/mol. The van der Waals surface area contributed by atoms with Crippen LogP contribution in [0.1, 0.15) is 38.4 Å². The number of furan rings is 1. The van der Waals surface area contributed by atoms with E-state index in [1.54, 1.807) is 6.07 Å². The van der Waals surface area contributed by atoms with Crippen molar-refractivity contribution in [3.8, 4) is 0 Å². The van der Waals surface area contributed by atoms with Crippen molar-refractivity contribution in [1.82, 2.24) is 9.21 Å². The number of hydrogen-bond acceptors (Lipinski definition) is 5. The van der Waals surface area contributed by atoms with Crippen LogP contribution in [0.25, 0.3) is 0 Å². The maximum absolute atomic E-state index is 12.0. The quantitative estimate of drug-likeness (QED) is 0.858. The Bertz CT molecular complexity index is 582. The topological polar surface area (TPSA) is 74.0 Å². The van der Waals surface area contributed by atoms with Crippen molar-refractivity contribution in [2.45, 2.75) is 56.4 Å². The van der Waals surface area contributed by atoms with E-state index in [9.17, 15) is 13.5 Å². The van der Waals surface area contributed by atoms with Crippen molar-refractivity contribution in [2.75, 3.05) is 20.6 Å². The Hall–Kier alpha value is -0.890. The molecule has 0 aliphatic carbocycles. The Kier molecular flexibility index (Phi) is 5.65. The molecule has 6 nitrogen and oxygen atoms in total. The maximum atomic E-state index is 12.0. The number of aliphatic hydroxyl groups is 1. The molecule has 7 heteroatoms. The van der Waals surface area contributed by atoms with Crippen LogP contribution < -0.4 is 0 Å². The molecule has 1 N–H and O–H groups in total. The molecule has 1 aromatic heterocycles. The lowest BCUT2D eigenvalue weighted by Crippen LogP contribution is -2.45. The van der Waals surface area contributed by atoms with Gasteiger partial charge in [-0.3, -0.25) is 4.90 Å². The summed E-state index contributed by atoms with van der Waals surface area (Å²) in [6.45, 7) is 3.41. The molecule has 1 aliphatic heterocycles. The molecule has 2 heterocycles. The first-order valence-electron chi connectivity index (χ1n) is 7.79. The van der Waals surface area contributed by atoms with E-state index < -0.39 is 10.0 Å². The molecule has 0 radical (unpaired) electrons. The summed E-state index contributed by atoms with van der Waals surface area (Å²) in [4.78, 5) is 2.20. The number of nitrogens with zero attached hydrogens (tertiary/aromatic N) is 2. The van der Waals surface area contributed by atoms with Crippen LogP contribution in [0.4, 0.5) is 0 Å². The lowest BCUT2D eigenvalue weighted by Gasteiger charge is -2.37. The number of rotatable bonds is 6. The Morgan fingerprint density at radius 2 is 2.14 bits per heavy atom. The van der Waals surface area contributed by atoms with Crippen LogP contribution >= 0.6 is 0 Å². The molecule has 0 saturated carbocycles. The minimum atomic E-state index is -3.53. The monoisotopic (exact) mass is 330 g/mol. The molecule has 0 spiro atoms. The molecule has 22 heavy (non-hydrogen) atoms. The highest BCUT2D eigenvalue weighted by atomic mass is 32.2. The molecule has 1 saturated heterocycles. The molecule has 1 aromatic rings. The van der Waals surface area contributed by atoms with E-state index in [2.05, 4.69) is 4.90 Å². The second-order valence-electron chi connectivity index (χ2n) is 6.02. The van der Waals surface area contributed by atoms with Gasteiger partial charge in [0.05, 0.1) is 12.6 Å². The third-order valence-electron chi connectivity index (χ3n) is 4.26. The van der Waals surface area contributed by atoms with Gasteiger partial charge < -0.3 is 9.52 Å². The summed E-state index contributed by atoms with van der Waals surface area (Å²) in [6, 6.07) is 3.33. The summed E-state index contributed by atoms with van der Waals surface area (Å²) in [5, 5.41) is 10.1. The Labute approximate surface area is 132 Å². The number of hydrogen-bond donors (Lipinski definition) is 1. The second-order valence-corrected chi connectivity index (χ2v) is 8.10. The first-order valence-corrected chi connectivity index (χ1v) is 9.23. The van der Waals surface area contributed by atoms with Crippen molar-refractivity contribution in [3.05, 3.63) is 17.9 Å². The van der Waals surface area contributed by atoms with Crippen LogP contribution in [0.15, 0.2) is 21.6 Å². The van der Waals surface area contributed by atoms with Crippen LogP contribution in [-0.4, -0.2) is 55.5 Å². The van der Waals surface area contributed by atoms with Gasteiger partial charge in [0.2, 0.25) is 5.09 Å². The zero-order chi connectivity index (χ0) is 16.3. The highest BCUT2D eigenvalue weighted by Crippen LogP contribution is 2.25. The van der Waals surface area contributed by atoms with E-state index in [1.807, 2.05) is 6.92 Å². The summed E-state index contributed by atoms with van der Waals surface area (Å²) < 4.78 is 30.7. The standard InChI is InChI=1S/C15H26N2O4S/c1-4-14(18)13-7-5-6-10-17(13)11-12-8-9-15(21-12)22(19,20)16(2)3/h8-9,13-14,18H,4-7,10-11H2,1-3H3. The van der Waals surface area contributed by atoms with Crippen molar-refractivity contribution < 1.29 is 17.9 Å². The summed E-state index contributed by atoms with van der Waals surface area (Å²) in [5.41, 5.74) is 0. The van der Waals surface area contributed by atoms with Gasteiger partial charge in [-0.1, -0.05) is 13.3 Å². The summed E-state index contributed by atoms with van der Waals surface area (Å²) >= 11 is 0. The zero-order valence-corrected chi connectivity index (χ0v) is 14.3. The van der Waals surface area contributed by atoms with Gasteiger partial charge in [-0.2, -0.15) is 0 Å². The lowest BCUT2D eigenvalue weighted by molar-refractivity contribution is 0.0157. The molecule has 0 aromatic carbocycles. The van der Waals surface area contributed by atoms with Gasteiger partial charge in [0.1, 0.15) is 5.76 Å². The summed E-state index contributed by atoms with van der Waals surface area (Å²) in [5.74, 6) is 0.621. The first kappa shape index (κ1) is 17.5. The SMILES string of the molecule is CCC(O)C1CCCCN1Cc1ccc(S(=O)(=O)N(C)C)o1. The minimum Gasteiger partial charge on any atom is -0.447 e. The molecule has 0 bridgehead atoms. The molecule has 2 unspecified atom stereocenters. The largest absolute Gasteiger partial charge is 0.447 e. The number of likely N-dealkylation sites (tertiary alicyclic amines) is 1. The highest BCUT2D eigenvalue weighted by molar-refractivity contribution is 7.88. The first-order chi connectivity index (χ1) is 10.4. The van der Waals surface area contributed by atoms with Gasteiger partial charge in [-0.25, -0.2) is 12.7 Å². The minimum absolute atomic E-state index is 0.0305. The normalized spacial score (nSPS) is 22.1. The second kappa shape index (κ2) is 7.12. The van der Waals surface area contributed by atoms with Gasteiger partial charge in [0.15, 0.2) is 0 Å². The van der Waals surface area contributed by atoms with Crippen LogP contribution in [0.5, 0.6) is 0 Å². The number of aliphatic hydroxyl groups excluding tert-OH is 1. The highest BCUT2D eigenvalue weighted by Gasteiger charge is 2.29. The summed E-state index contributed by atoms with van der Waals surface area (Å²) in [6.07, 6.45) is 3.56. The van der Waals surface area contributed by atoms with E-state index in [-0.39, 0.29) is 17.2 Å². The van der Waals surface area contributed by atoms with Crippen LogP contribution in [0.2, 0.25) is 0 Å². The third-order valence-corrected chi connectivity index (χ3v) is 5.95. The Morgan fingerprint density at radius 1 is 1.41 bits per heavy atom. The third kappa shape index (κ3) is 3.71. The van der Waals surface area contributed by atoms with Gasteiger partial charge in [-0.15, -0.1) is 0 Å². The van der Waals surface area contributed by atoms with Gasteiger partial charge in [0, 0.05) is 20.1 Å². The van der Waals surface area contributed by atoms with E-state index in [4.69, 9.17) is 4.42 Å². The van der Waals surface area contributed by atoms with E-state index >= 15 is 0 Å². The molecule has 126 valence electrons. The number of piperidine rings is 1. The van der Waals surface area contributed by atoms with Gasteiger partial charge >= 0.3 is 0 Å². The van der Waals surface area contributed by atoms with Crippen LogP contribution in [0.3, 0.4) is 0 Å². The van der Waals surface area contributed by atoms with Crippen molar-refractivity contribution >= 4 is 10.0 Å². The molecule has 2 atom stereocenters. The lowest BCUT2D eigenvalue weighted by atomic mass is 9.96. The van der Waals surface area contributed by atoms with E-state index in [1.165, 1.54) is 20.2 Å². The molecular formula is C15H26N2O4S. The molecule has 1 aliphatic rings. The number of sulfonamides is 1. The summed E-state index contributed by atoms with van der Waals surface area (Å²) in [7, 11) is -0.569. The molecule has 2 rings (SSSR count).